The van der Waals surface area contributed by atoms with Gasteiger partial charge in [-0.1, -0.05) is 18.1 Å². The summed E-state index contributed by atoms with van der Waals surface area (Å²) in [5, 5.41) is 3.83. The minimum atomic E-state index is -0.101. The molecule has 0 spiro atoms. The van der Waals surface area contributed by atoms with Gasteiger partial charge in [0.2, 0.25) is 5.91 Å². The topological polar surface area (TPSA) is 51.5 Å². The third-order valence-electron chi connectivity index (χ3n) is 3.62. The van der Waals surface area contributed by atoms with Crippen molar-refractivity contribution in [1.82, 2.24) is 0 Å². The van der Waals surface area contributed by atoms with Crippen molar-refractivity contribution in [3.63, 3.8) is 0 Å². The molecule has 0 bridgehead atoms. The van der Waals surface area contributed by atoms with Crippen molar-refractivity contribution in [3.05, 3.63) is 59.9 Å². The SMILES string of the molecule is C#CCOc1ccc(NC(=O)Cc2coc3cc(C)ccc23)cc1. The fourth-order valence-electron chi connectivity index (χ4n) is 2.46. The highest BCUT2D eigenvalue weighted by atomic mass is 16.5. The van der Waals surface area contributed by atoms with Crippen LogP contribution >= 0.6 is 0 Å². The first kappa shape index (κ1) is 15.7. The summed E-state index contributed by atoms with van der Waals surface area (Å²) in [6.07, 6.45) is 7.04. The van der Waals surface area contributed by atoms with E-state index in [-0.39, 0.29) is 18.9 Å². The molecule has 0 saturated carbocycles. The van der Waals surface area contributed by atoms with Gasteiger partial charge in [0.1, 0.15) is 17.9 Å². The average Bonchev–Trinajstić information content (AvgIpc) is 2.96. The maximum absolute atomic E-state index is 12.2. The standard InChI is InChI=1S/C20H17NO3/c1-3-10-23-17-7-5-16(6-8-17)21-20(22)12-15-13-24-19-11-14(2)4-9-18(15)19/h1,4-9,11,13H,10,12H2,2H3,(H,21,22). The first-order valence-corrected chi connectivity index (χ1v) is 7.58. The van der Waals surface area contributed by atoms with Crippen LogP contribution in [0.1, 0.15) is 11.1 Å². The molecule has 3 rings (SSSR count). The highest BCUT2D eigenvalue weighted by Crippen LogP contribution is 2.23. The van der Waals surface area contributed by atoms with E-state index in [0.29, 0.717) is 11.4 Å². The minimum Gasteiger partial charge on any atom is -0.481 e. The summed E-state index contributed by atoms with van der Waals surface area (Å²) in [6.45, 7) is 2.23. The number of benzene rings is 2. The van der Waals surface area contributed by atoms with E-state index in [1.54, 1.807) is 30.5 Å². The fourth-order valence-corrected chi connectivity index (χ4v) is 2.46. The second kappa shape index (κ2) is 6.93. The third-order valence-corrected chi connectivity index (χ3v) is 3.62. The molecule has 1 N–H and O–H groups in total. The van der Waals surface area contributed by atoms with Gasteiger partial charge in [0.15, 0.2) is 0 Å². The number of ether oxygens (including phenoxy) is 1. The van der Waals surface area contributed by atoms with E-state index in [1.807, 2.05) is 25.1 Å². The van der Waals surface area contributed by atoms with E-state index >= 15 is 0 Å². The zero-order valence-electron chi connectivity index (χ0n) is 13.3. The summed E-state index contributed by atoms with van der Waals surface area (Å²) < 4.78 is 10.8. The molecule has 0 saturated heterocycles. The van der Waals surface area contributed by atoms with Gasteiger partial charge in [-0.3, -0.25) is 4.79 Å². The molecule has 0 aliphatic rings. The van der Waals surface area contributed by atoms with Crippen LogP contribution in [0.25, 0.3) is 11.0 Å². The Hall–Kier alpha value is -3.19. The highest BCUT2D eigenvalue weighted by molar-refractivity contribution is 5.95. The molecule has 1 heterocycles. The molecule has 0 atom stereocenters. The molecule has 0 aliphatic carbocycles. The molecule has 120 valence electrons. The lowest BCUT2D eigenvalue weighted by Crippen LogP contribution is -2.14. The van der Waals surface area contributed by atoms with Gasteiger partial charge >= 0.3 is 0 Å². The van der Waals surface area contributed by atoms with E-state index in [0.717, 1.165) is 22.1 Å². The first-order valence-electron chi connectivity index (χ1n) is 7.58. The van der Waals surface area contributed by atoms with Gasteiger partial charge in [0, 0.05) is 16.6 Å². The molecule has 0 unspecified atom stereocenters. The van der Waals surface area contributed by atoms with E-state index in [9.17, 15) is 4.79 Å². The Morgan fingerprint density at radius 2 is 2.04 bits per heavy atom. The largest absolute Gasteiger partial charge is 0.481 e. The lowest BCUT2D eigenvalue weighted by molar-refractivity contribution is -0.115. The number of fused-ring (bicyclic) bond motifs is 1. The van der Waals surface area contributed by atoms with Crippen molar-refractivity contribution < 1.29 is 13.9 Å². The number of hydrogen-bond acceptors (Lipinski definition) is 3. The van der Waals surface area contributed by atoms with Crippen molar-refractivity contribution in [3.8, 4) is 18.1 Å². The Morgan fingerprint density at radius 1 is 1.25 bits per heavy atom. The van der Waals surface area contributed by atoms with Gasteiger partial charge in [-0.15, -0.1) is 6.42 Å². The van der Waals surface area contributed by atoms with Gasteiger partial charge in [-0.25, -0.2) is 0 Å². The number of carbonyl (C=O) groups is 1. The predicted octanol–water partition coefficient (Wildman–Crippen LogP) is 3.93. The Bertz CT molecular complexity index is 901. The van der Waals surface area contributed by atoms with E-state index in [4.69, 9.17) is 15.6 Å². The van der Waals surface area contributed by atoms with Crippen LogP contribution in [0.15, 0.2) is 53.1 Å². The van der Waals surface area contributed by atoms with Gasteiger partial charge in [-0.2, -0.15) is 0 Å². The third kappa shape index (κ3) is 3.58. The van der Waals surface area contributed by atoms with E-state index in [1.165, 1.54) is 0 Å². The number of terminal acetylenes is 1. The monoisotopic (exact) mass is 319 g/mol. The zero-order valence-corrected chi connectivity index (χ0v) is 13.3. The number of carbonyl (C=O) groups excluding carboxylic acids is 1. The first-order chi connectivity index (χ1) is 11.7. The van der Waals surface area contributed by atoms with Crippen LogP contribution < -0.4 is 10.1 Å². The molecule has 4 heteroatoms. The van der Waals surface area contributed by atoms with Crippen molar-refractivity contribution in [2.45, 2.75) is 13.3 Å². The number of nitrogens with one attached hydrogen (secondary N) is 1. The summed E-state index contributed by atoms with van der Waals surface area (Å²) in [6, 6.07) is 13.0. The van der Waals surface area contributed by atoms with Crippen molar-refractivity contribution >= 4 is 22.6 Å². The van der Waals surface area contributed by atoms with E-state index < -0.39 is 0 Å². The molecular formula is C20H17NO3. The van der Waals surface area contributed by atoms with E-state index in [2.05, 4.69) is 11.2 Å². The molecule has 1 amide bonds. The predicted molar refractivity (Wildman–Crippen MR) is 94.1 cm³/mol. The summed E-state index contributed by atoms with van der Waals surface area (Å²) in [4.78, 5) is 12.2. The maximum Gasteiger partial charge on any atom is 0.228 e. The summed E-state index contributed by atoms with van der Waals surface area (Å²) in [5.41, 5.74) is 3.50. The van der Waals surface area contributed by atoms with Gasteiger partial charge < -0.3 is 14.5 Å². The summed E-state index contributed by atoms with van der Waals surface area (Å²) in [5.74, 6) is 2.97. The van der Waals surface area contributed by atoms with Gasteiger partial charge in [0.25, 0.3) is 0 Å². The lowest BCUT2D eigenvalue weighted by Gasteiger charge is -2.06. The summed E-state index contributed by atoms with van der Waals surface area (Å²) >= 11 is 0. The molecule has 24 heavy (non-hydrogen) atoms. The highest BCUT2D eigenvalue weighted by Gasteiger charge is 2.11. The lowest BCUT2D eigenvalue weighted by atomic mass is 10.1. The van der Waals surface area contributed by atoms with Crippen LogP contribution in [0.4, 0.5) is 5.69 Å². The van der Waals surface area contributed by atoms with Crippen LogP contribution in [-0.2, 0) is 11.2 Å². The van der Waals surface area contributed by atoms with Crippen LogP contribution in [0.3, 0.4) is 0 Å². The number of rotatable bonds is 5. The minimum absolute atomic E-state index is 0.101. The maximum atomic E-state index is 12.2. The fraction of sp³-hybridized carbons (Fsp3) is 0.150. The molecule has 0 radical (unpaired) electrons. The molecule has 3 aromatic rings. The Kier molecular flexibility index (Phi) is 4.53. The zero-order chi connectivity index (χ0) is 16.9. The van der Waals surface area contributed by atoms with Crippen LogP contribution in [-0.4, -0.2) is 12.5 Å². The van der Waals surface area contributed by atoms with Crippen molar-refractivity contribution in [1.29, 1.82) is 0 Å². The van der Waals surface area contributed by atoms with Crippen molar-refractivity contribution in [2.24, 2.45) is 0 Å². The molecule has 4 nitrogen and oxygen atoms in total. The number of anilines is 1. The number of furan rings is 1. The Morgan fingerprint density at radius 3 is 2.79 bits per heavy atom. The second-order valence-electron chi connectivity index (χ2n) is 5.50. The molecular weight excluding hydrogens is 302 g/mol. The van der Waals surface area contributed by atoms with Gasteiger partial charge in [0.05, 0.1) is 12.7 Å². The normalized spacial score (nSPS) is 10.3. The number of amides is 1. The molecule has 0 fully saturated rings. The smallest absolute Gasteiger partial charge is 0.228 e. The summed E-state index contributed by atoms with van der Waals surface area (Å²) in [7, 11) is 0. The van der Waals surface area contributed by atoms with Crippen LogP contribution in [0, 0.1) is 19.3 Å². The number of aryl methyl sites for hydroxylation is 1. The molecule has 2 aromatic carbocycles. The average molecular weight is 319 g/mol. The quantitative estimate of drug-likeness (QED) is 0.725. The van der Waals surface area contributed by atoms with Crippen LogP contribution in [0.5, 0.6) is 5.75 Å². The Labute approximate surface area is 140 Å². The Balaban J connectivity index is 1.65. The molecule has 1 aromatic heterocycles. The van der Waals surface area contributed by atoms with Gasteiger partial charge in [-0.05, 0) is 42.8 Å². The second-order valence-corrected chi connectivity index (χ2v) is 5.50. The number of hydrogen-bond donors (Lipinski definition) is 1. The van der Waals surface area contributed by atoms with Crippen LogP contribution in [0.2, 0.25) is 0 Å². The molecule has 0 aliphatic heterocycles. The van der Waals surface area contributed by atoms with Crippen molar-refractivity contribution in [2.75, 3.05) is 11.9 Å².